The first kappa shape index (κ1) is 11.4. The molecule has 0 spiro atoms. The van der Waals surface area contributed by atoms with Gasteiger partial charge in [-0.05, 0) is 12.1 Å². The summed E-state index contributed by atoms with van der Waals surface area (Å²) in [6.07, 6.45) is 4.13. The molecule has 1 unspecified atom stereocenters. The lowest BCUT2D eigenvalue weighted by atomic mass is 10.1. The van der Waals surface area contributed by atoms with Crippen LogP contribution in [0.25, 0.3) is 0 Å². The maximum Gasteiger partial charge on any atom is 0.237 e. The van der Waals surface area contributed by atoms with Crippen LogP contribution in [0.1, 0.15) is 17.4 Å². The first-order valence-electron chi connectivity index (χ1n) is 4.94. The lowest BCUT2D eigenvalue weighted by Crippen LogP contribution is -2.16. The van der Waals surface area contributed by atoms with Crippen molar-refractivity contribution in [2.24, 2.45) is 5.73 Å². The highest BCUT2D eigenvalue weighted by Gasteiger charge is 2.17. The Morgan fingerprint density at radius 1 is 1.24 bits per heavy atom. The molecule has 17 heavy (non-hydrogen) atoms. The van der Waals surface area contributed by atoms with Gasteiger partial charge in [-0.2, -0.15) is 0 Å². The summed E-state index contributed by atoms with van der Waals surface area (Å²) in [6, 6.07) is 2.21. The van der Waals surface area contributed by atoms with Gasteiger partial charge in [0.15, 0.2) is 0 Å². The van der Waals surface area contributed by atoms with E-state index in [0.29, 0.717) is 17.3 Å². The molecule has 0 aromatic carbocycles. The number of halogens is 1. The zero-order valence-corrected chi connectivity index (χ0v) is 9.17. The molecule has 5 nitrogen and oxygen atoms in total. The Labute approximate surface area is 97.5 Å². The topological polar surface area (TPSA) is 73.9 Å². The second-order valence-corrected chi connectivity index (χ2v) is 3.33. The Morgan fingerprint density at radius 3 is 2.65 bits per heavy atom. The van der Waals surface area contributed by atoms with Gasteiger partial charge >= 0.3 is 0 Å². The summed E-state index contributed by atoms with van der Waals surface area (Å²) in [5.74, 6) is -0.0711. The minimum atomic E-state index is -0.598. The molecule has 2 aromatic heterocycles. The van der Waals surface area contributed by atoms with Gasteiger partial charge in [-0.1, -0.05) is 0 Å². The van der Waals surface area contributed by atoms with Crippen molar-refractivity contribution < 1.29 is 9.13 Å². The van der Waals surface area contributed by atoms with Crippen LogP contribution in [0.5, 0.6) is 5.88 Å². The lowest BCUT2D eigenvalue weighted by molar-refractivity contribution is 0.386. The third-order valence-electron chi connectivity index (χ3n) is 2.25. The van der Waals surface area contributed by atoms with Gasteiger partial charge in [0.1, 0.15) is 11.5 Å². The highest BCUT2D eigenvalue weighted by molar-refractivity contribution is 5.28. The van der Waals surface area contributed by atoms with E-state index in [1.54, 1.807) is 0 Å². The standard InChI is InChI=1S/C11H11FN4O/c1-17-11-10(14-4-5-15-11)9(13)8-3-2-7(12)6-16-8/h2-6,9H,13H2,1H3. The molecule has 2 N–H and O–H groups in total. The van der Waals surface area contributed by atoms with Crippen LogP contribution in [0.2, 0.25) is 0 Å². The van der Waals surface area contributed by atoms with E-state index in [0.717, 1.165) is 6.20 Å². The third kappa shape index (κ3) is 2.36. The average Bonchev–Trinajstić information content (AvgIpc) is 2.39. The van der Waals surface area contributed by atoms with Crippen LogP contribution in [-0.4, -0.2) is 22.1 Å². The number of nitrogens with two attached hydrogens (primary N) is 1. The van der Waals surface area contributed by atoms with Crippen LogP contribution in [0.3, 0.4) is 0 Å². The van der Waals surface area contributed by atoms with E-state index in [9.17, 15) is 4.39 Å². The van der Waals surface area contributed by atoms with Crippen LogP contribution < -0.4 is 10.5 Å². The molecule has 0 saturated heterocycles. The van der Waals surface area contributed by atoms with E-state index in [-0.39, 0.29) is 0 Å². The molecule has 0 bridgehead atoms. The van der Waals surface area contributed by atoms with Crippen molar-refractivity contribution >= 4 is 0 Å². The molecule has 0 saturated carbocycles. The first-order chi connectivity index (χ1) is 8.22. The van der Waals surface area contributed by atoms with Crippen molar-refractivity contribution in [1.29, 1.82) is 0 Å². The van der Waals surface area contributed by atoms with Crippen molar-refractivity contribution in [1.82, 2.24) is 15.0 Å². The van der Waals surface area contributed by atoms with Crippen molar-refractivity contribution in [3.63, 3.8) is 0 Å². The molecule has 2 rings (SSSR count). The lowest BCUT2D eigenvalue weighted by Gasteiger charge is -2.12. The Balaban J connectivity index is 2.36. The fourth-order valence-electron chi connectivity index (χ4n) is 1.42. The van der Waals surface area contributed by atoms with Crippen molar-refractivity contribution in [2.75, 3.05) is 7.11 Å². The molecule has 88 valence electrons. The SMILES string of the molecule is COc1nccnc1C(N)c1ccc(F)cn1. The van der Waals surface area contributed by atoms with Crippen molar-refractivity contribution in [3.05, 3.63) is 47.9 Å². The predicted molar refractivity (Wildman–Crippen MR) is 58.8 cm³/mol. The number of methoxy groups -OCH3 is 1. The molecule has 0 aliphatic heterocycles. The molecule has 6 heteroatoms. The Morgan fingerprint density at radius 2 is 2.00 bits per heavy atom. The minimum absolute atomic E-state index is 0.339. The molecular formula is C11H11FN4O. The van der Waals surface area contributed by atoms with Crippen LogP contribution >= 0.6 is 0 Å². The minimum Gasteiger partial charge on any atom is -0.480 e. The number of hydrogen-bond donors (Lipinski definition) is 1. The zero-order chi connectivity index (χ0) is 12.3. The van der Waals surface area contributed by atoms with E-state index < -0.39 is 11.9 Å². The second kappa shape index (κ2) is 4.84. The smallest absolute Gasteiger partial charge is 0.237 e. The van der Waals surface area contributed by atoms with Crippen molar-refractivity contribution in [3.8, 4) is 5.88 Å². The van der Waals surface area contributed by atoms with Gasteiger partial charge in [-0.3, -0.25) is 9.97 Å². The Hall–Kier alpha value is -2.08. The normalized spacial score (nSPS) is 12.2. The number of hydrogen-bond acceptors (Lipinski definition) is 5. The van der Waals surface area contributed by atoms with Gasteiger partial charge < -0.3 is 10.5 Å². The van der Waals surface area contributed by atoms with Crippen LogP contribution in [0.15, 0.2) is 30.7 Å². The Bertz CT molecular complexity index is 503. The summed E-state index contributed by atoms with van der Waals surface area (Å²) in [4.78, 5) is 12.0. The van der Waals surface area contributed by atoms with Crippen LogP contribution in [-0.2, 0) is 0 Å². The number of rotatable bonds is 3. The monoisotopic (exact) mass is 234 g/mol. The van der Waals surface area contributed by atoms with Gasteiger partial charge in [0.05, 0.1) is 25.0 Å². The zero-order valence-electron chi connectivity index (χ0n) is 9.17. The van der Waals surface area contributed by atoms with Crippen LogP contribution in [0.4, 0.5) is 4.39 Å². The van der Waals surface area contributed by atoms with Gasteiger partial charge in [0.25, 0.3) is 0 Å². The second-order valence-electron chi connectivity index (χ2n) is 3.33. The highest BCUT2D eigenvalue weighted by atomic mass is 19.1. The van der Waals surface area contributed by atoms with Gasteiger partial charge in [-0.25, -0.2) is 9.37 Å². The van der Waals surface area contributed by atoms with E-state index in [1.165, 1.54) is 31.6 Å². The summed E-state index contributed by atoms with van der Waals surface area (Å²) in [5.41, 5.74) is 6.95. The molecule has 0 amide bonds. The molecule has 0 aliphatic rings. The van der Waals surface area contributed by atoms with E-state index in [1.807, 2.05) is 0 Å². The number of ether oxygens (including phenoxy) is 1. The van der Waals surface area contributed by atoms with Gasteiger partial charge in [0.2, 0.25) is 5.88 Å². The summed E-state index contributed by atoms with van der Waals surface area (Å²) < 4.78 is 17.8. The molecule has 0 aliphatic carbocycles. The summed E-state index contributed by atoms with van der Waals surface area (Å²) in [6.45, 7) is 0. The first-order valence-corrected chi connectivity index (χ1v) is 4.94. The third-order valence-corrected chi connectivity index (χ3v) is 2.25. The van der Waals surface area contributed by atoms with E-state index in [2.05, 4.69) is 15.0 Å². The number of nitrogens with zero attached hydrogens (tertiary/aromatic N) is 3. The Kier molecular flexibility index (Phi) is 3.24. The molecular weight excluding hydrogens is 223 g/mol. The molecule has 2 heterocycles. The van der Waals surface area contributed by atoms with E-state index in [4.69, 9.17) is 10.5 Å². The van der Waals surface area contributed by atoms with E-state index >= 15 is 0 Å². The van der Waals surface area contributed by atoms with Gasteiger partial charge in [0, 0.05) is 12.4 Å². The largest absolute Gasteiger partial charge is 0.480 e. The number of aromatic nitrogens is 3. The molecule has 0 radical (unpaired) electrons. The van der Waals surface area contributed by atoms with Gasteiger partial charge in [-0.15, -0.1) is 0 Å². The molecule has 0 fully saturated rings. The molecule has 2 aromatic rings. The fourth-order valence-corrected chi connectivity index (χ4v) is 1.42. The van der Waals surface area contributed by atoms with Crippen LogP contribution in [0, 0.1) is 5.82 Å². The summed E-state index contributed by atoms with van der Waals surface area (Å²) in [7, 11) is 1.48. The fraction of sp³-hybridized carbons (Fsp3) is 0.182. The summed E-state index contributed by atoms with van der Waals surface area (Å²) >= 11 is 0. The predicted octanol–water partition coefficient (Wildman–Crippen LogP) is 1.07. The average molecular weight is 234 g/mol. The number of pyridine rings is 1. The summed E-state index contributed by atoms with van der Waals surface area (Å²) in [5, 5.41) is 0. The van der Waals surface area contributed by atoms with Crippen molar-refractivity contribution in [2.45, 2.75) is 6.04 Å². The maximum atomic E-state index is 12.7. The molecule has 1 atom stereocenters. The quantitative estimate of drug-likeness (QED) is 0.859. The highest BCUT2D eigenvalue weighted by Crippen LogP contribution is 2.22. The maximum absolute atomic E-state index is 12.7.